The molecule has 0 aliphatic heterocycles. The minimum Gasteiger partial charge on any atom is -0.415 e. The fourth-order valence-corrected chi connectivity index (χ4v) is 5.76. The van der Waals surface area contributed by atoms with E-state index in [4.69, 9.17) is 18.8 Å². The van der Waals surface area contributed by atoms with Crippen molar-refractivity contribution in [2.45, 2.75) is 0 Å². The predicted molar refractivity (Wildman–Crippen MR) is 185 cm³/mol. The molecule has 0 bridgehead atoms. The molecule has 48 heavy (non-hydrogen) atoms. The third-order valence-corrected chi connectivity index (χ3v) is 8.24. The molecule has 0 aliphatic carbocycles. The van der Waals surface area contributed by atoms with Gasteiger partial charge in [-0.1, -0.05) is 103 Å². The molecule has 0 fully saturated rings. The maximum Gasteiger partial charge on any atom is 0.266 e. The Hall–Kier alpha value is -6.80. The molecule has 9 aromatic rings. The minimum atomic E-state index is 0.334. The average Bonchev–Trinajstić information content (AvgIpc) is 3.87. The third-order valence-electron chi connectivity index (χ3n) is 8.24. The number of benzene rings is 5. The van der Waals surface area contributed by atoms with Crippen molar-refractivity contribution >= 4 is 21.8 Å². The fraction of sp³-hybridized carbons (Fsp3) is 0. The lowest BCUT2D eigenvalue weighted by atomic mass is 10.0. The quantitative estimate of drug-likeness (QED) is 0.181. The largest absolute Gasteiger partial charge is 0.415 e. The fourth-order valence-electron chi connectivity index (χ4n) is 5.76. The summed E-state index contributed by atoms with van der Waals surface area (Å²) in [7, 11) is 0. The van der Waals surface area contributed by atoms with Crippen LogP contribution in [0, 0.1) is 0 Å². The molecule has 0 amide bonds. The molecule has 5 aromatic carbocycles. The van der Waals surface area contributed by atoms with E-state index >= 15 is 0 Å². The molecule has 8 nitrogen and oxygen atoms in total. The van der Waals surface area contributed by atoms with Crippen LogP contribution < -0.4 is 0 Å². The van der Waals surface area contributed by atoms with Crippen molar-refractivity contribution in [3.8, 4) is 68.3 Å². The lowest BCUT2D eigenvalue weighted by molar-refractivity contribution is 0.580. The first-order valence-corrected chi connectivity index (χ1v) is 15.4. The van der Waals surface area contributed by atoms with Crippen LogP contribution in [0.1, 0.15) is 0 Å². The number of aromatic nitrogens is 6. The summed E-state index contributed by atoms with van der Waals surface area (Å²) >= 11 is 0. The van der Waals surface area contributed by atoms with Crippen molar-refractivity contribution in [1.29, 1.82) is 0 Å². The molecule has 0 unspecified atom stereocenters. The molecule has 0 aliphatic rings. The van der Waals surface area contributed by atoms with E-state index in [9.17, 15) is 0 Å². The van der Waals surface area contributed by atoms with Crippen molar-refractivity contribution in [3.05, 3.63) is 146 Å². The highest BCUT2D eigenvalue weighted by atomic mass is 16.4. The molecule has 0 saturated carbocycles. The van der Waals surface area contributed by atoms with Gasteiger partial charge in [-0.3, -0.25) is 0 Å². The van der Waals surface area contributed by atoms with Gasteiger partial charge < -0.3 is 8.83 Å². The predicted octanol–water partition coefficient (Wildman–Crippen LogP) is 9.55. The smallest absolute Gasteiger partial charge is 0.266 e. The molecule has 9 rings (SSSR count). The first kappa shape index (κ1) is 27.5. The van der Waals surface area contributed by atoms with Gasteiger partial charge in [-0.25, -0.2) is 9.97 Å². The average molecular weight is 621 g/mol. The van der Waals surface area contributed by atoms with Crippen molar-refractivity contribution in [2.24, 2.45) is 0 Å². The summed E-state index contributed by atoms with van der Waals surface area (Å²) in [5.41, 5.74) is 8.77. The number of fused-ring (bicyclic) bond motifs is 2. The Bertz CT molecular complexity index is 2400. The standard InChI is InChI=1S/C40H24N6O2/c1-3-8-25(9-4-1)29-16-14-27-18-20-33(41-35(27)23-29)39-45-43-37(47-39)31-12-7-13-32(22-31)38-44-46-40(48-38)34-21-19-28-15-17-30(24-36(28)42-34)26-10-5-2-6-11-26/h1-24H. The van der Waals surface area contributed by atoms with Gasteiger partial charge in [0.15, 0.2) is 0 Å². The van der Waals surface area contributed by atoms with Crippen molar-refractivity contribution in [3.63, 3.8) is 0 Å². The number of hydrogen-bond acceptors (Lipinski definition) is 8. The van der Waals surface area contributed by atoms with E-state index in [0.717, 1.165) is 55.2 Å². The van der Waals surface area contributed by atoms with Crippen molar-refractivity contribution in [2.75, 3.05) is 0 Å². The van der Waals surface area contributed by atoms with Gasteiger partial charge in [-0.05, 0) is 64.7 Å². The molecule has 4 aromatic heterocycles. The summed E-state index contributed by atoms with van der Waals surface area (Å²) in [4.78, 5) is 9.68. The third kappa shape index (κ3) is 5.17. The van der Waals surface area contributed by atoms with E-state index < -0.39 is 0 Å². The van der Waals surface area contributed by atoms with Gasteiger partial charge in [0.2, 0.25) is 11.8 Å². The summed E-state index contributed by atoms with van der Waals surface area (Å²) in [6.45, 7) is 0. The maximum atomic E-state index is 6.11. The van der Waals surface area contributed by atoms with Crippen LogP contribution >= 0.6 is 0 Å². The van der Waals surface area contributed by atoms with Gasteiger partial charge in [0.05, 0.1) is 11.0 Å². The topological polar surface area (TPSA) is 104 Å². The lowest BCUT2D eigenvalue weighted by Crippen LogP contribution is -1.87. The molecular weight excluding hydrogens is 596 g/mol. The van der Waals surface area contributed by atoms with Crippen LogP contribution in [-0.2, 0) is 0 Å². The van der Waals surface area contributed by atoms with Crippen LogP contribution in [0.3, 0.4) is 0 Å². The summed E-state index contributed by atoms with van der Waals surface area (Å²) in [5, 5.41) is 19.3. The van der Waals surface area contributed by atoms with Crippen molar-refractivity contribution < 1.29 is 8.83 Å². The number of pyridine rings is 2. The zero-order valence-electron chi connectivity index (χ0n) is 25.4. The van der Waals surface area contributed by atoms with E-state index in [2.05, 4.69) is 81.1 Å². The zero-order valence-corrected chi connectivity index (χ0v) is 25.4. The molecule has 0 atom stereocenters. The van der Waals surface area contributed by atoms with Crippen LogP contribution in [0.5, 0.6) is 0 Å². The zero-order chi connectivity index (χ0) is 31.9. The first-order valence-electron chi connectivity index (χ1n) is 15.4. The number of rotatable bonds is 6. The number of nitrogens with zero attached hydrogens (tertiary/aromatic N) is 6. The van der Waals surface area contributed by atoms with Crippen LogP contribution in [0.25, 0.3) is 90.1 Å². The Labute approximate surface area is 274 Å². The van der Waals surface area contributed by atoms with Crippen LogP contribution in [-0.4, -0.2) is 30.4 Å². The van der Waals surface area contributed by atoms with E-state index in [0.29, 0.717) is 35.0 Å². The molecule has 0 saturated heterocycles. The van der Waals surface area contributed by atoms with Gasteiger partial charge in [0.25, 0.3) is 11.8 Å². The van der Waals surface area contributed by atoms with Gasteiger partial charge in [0.1, 0.15) is 11.4 Å². The summed E-state index contributed by atoms with van der Waals surface area (Å²) in [5.74, 6) is 1.38. The Morgan fingerprint density at radius 1 is 0.312 bits per heavy atom. The Balaban J connectivity index is 0.986. The van der Waals surface area contributed by atoms with Crippen molar-refractivity contribution in [1.82, 2.24) is 30.4 Å². The van der Waals surface area contributed by atoms with Gasteiger partial charge in [0, 0.05) is 21.9 Å². The highest BCUT2D eigenvalue weighted by Gasteiger charge is 2.16. The van der Waals surface area contributed by atoms with Crippen LogP contribution in [0.4, 0.5) is 0 Å². The molecule has 0 radical (unpaired) electrons. The second-order valence-corrected chi connectivity index (χ2v) is 11.3. The van der Waals surface area contributed by atoms with E-state index in [1.807, 2.05) is 84.9 Å². The summed E-state index contributed by atoms with van der Waals surface area (Å²) < 4.78 is 12.2. The lowest BCUT2D eigenvalue weighted by Gasteiger charge is -2.04. The van der Waals surface area contributed by atoms with Crippen LogP contribution in [0.15, 0.2) is 154 Å². The Morgan fingerprint density at radius 2 is 0.729 bits per heavy atom. The molecule has 0 N–H and O–H groups in total. The monoisotopic (exact) mass is 620 g/mol. The Morgan fingerprint density at radius 3 is 1.21 bits per heavy atom. The molecule has 0 spiro atoms. The van der Waals surface area contributed by atoms with Crippen LogP contribution in [0.2, 0.25) is 0 Å². The van der Waals surface area contributed by atoms with E-state index in [1.165, 1.54) is 0 Å². The second kappa shape index (κ2) is 11.5. The summed E-state index contributed by atoms with van der Waals surface area (Å²) in [6.07, 6.45) is 0. The number of hydrogen-bond donors (Lipinski definition) is 0. The second-order valence-electron chi connectivity index (χ2n) is 11.3. The molecular formula is C40H24N6O2. The Kier molecular flexibility index (Phi) is 6.61. The van der Waals surface area contributed by atoms with E-state index in [1.54, 1.807) is 0 Å². The normalized spacial score (nSPS) is 11.3. The summed E-state index contributed by atoms with van der Waals surface area (Å²) in [6, 6.07) is 48.3. The maximum absolute atomic E-state index is 6.11. The molecule has 8 heteroatoms. The molecule has 226 valence electrons. The highest BCUT2D eigenvalue weighted by Crippen LogP contribution is 2.31. The van der Waals surface area contributed by atoms with Gasteiger partial charge in [-0.15, -0.1) is 20.4 Å². The molecule has 4 heterocycles. The minimum absolute atomic E-state index is 0.334. The first-order chi connectivity index (χ1) is 23.7. The van der Waals surface area contributed by atoms with Gasteiger partial charge >= 0.3 is 0 Å². The highest BCUT2D eigenvalue weighted by molar-refractivity contribution is 5.87. The SMILES string of the molecule is c1ccc(-c2ccc3ccc(-c4nnc(-c5cccc(-c6nnc(-c7ccc8ccc(-c9ccccc9)cc8n7)o6)c5)o4)nc3c2)cc1. The van der Waals surface area contributed by atoms with E-state index in [-0.39, 0.29) is 0 Å². The van der Waals surface area contributed by atoms with Gasteiger partial charge in [-0.2, -0.15) is 0 Å².